The van der Waals surface area contributed by atoms with Crippen molar-refractivity contribution in [2.75, 3.05) is 5.32 Å². The number of nitrogens with one attached hydrogen (secondary N) is 1. The first-order chi connectivity index (χ1) is 14.7. The number of nitrogens with zero attached hydrogens (tertiary/aromatic N) is 2. The van der Waals surface area contributed by atoms with E-state index < -0.39 is 0 Å². The Hall–Kier alpha value is -3.21. The molecule has 0 spiro atoms. The van der Waals surface area contributed by atoms with E-state index in [0.29, 0.717) is 18.7 Å². The average Bonchev–Trinajstić information content (AvgIpc) is 2.68. The molecular weight excluding hydrogens is 386 g/mol. The summed E-state index contributed by atoms with van der Waals surface area (Å²) >= 11 is 0. The van der Waals surface area contributed by atoms with E-state index >= 15 is 0 Å². The molecule has 1 aliphatic carbocycles. The molecule has 2 aromatic rings. The molecule has 0 fully saturated rings. The minimum atomic E-state index is -0.286. The number of anilines is 1. The third kappa shape index (κ3) is 4.05. The van der Waals surface area contributed by atoms with E-state index in [2.05, 4.69) is 43.2 Å². The lowest BCUT2D eigenvalue weighted by atomic mass is 9.70. The monoisotopic (exact) mass is 415 g/mol. The Kier molecular flexibility index (Phi) is 5.29. The van der Waals surface area contributed by atoms with Crippen molar-refractivity contribution in [3.8, 4) is 0 Å². The largest absolute Gasteiger partial charge is 0.331 e. The van der Waals surface area contributed by atoms with Crippen molar-refractivity contribution in [1.29, 1.82) is 0 Å². The van der Waals surface area contributed by atoms with Crippen molar-refractivity contribution in [3.63, 3.8) is 0 Å². The molecule has 160 valence electrons. The van der Waals surface area contributed by atoms with Gasteiger partial charge < -0.3 is 0 Å². The first kappa shape index (κ1) is 21.0. The molecule has 1 aromatic carbocycles. The highest BCUT2D eigenvalue weighted by Crippen LogP contribution is 2.47. The van der Waals surface area contributed by atoms with Gasteiger partial charge in [-0.25, -0.2) is 9.78 Å². The highest BCUT2D eigenvalue weighted by molar-refractivity contribution is 6.02. The van der Waals surface area contributed by atoms with Gasteiger partial charge in [-0.1, -0.05) is 50.3 Å². The second kappa shape index (κ2) is 7.80. The van der Waals surface area contributed by atoms with Crippen LogP contribution >= 0.6 is 0 Å². The van der Waals surface area contributed by atoms with Gasteiger partial charge in [0.15, 0.2) is 5.78 Å². The smallest absolute Gasteiger partial charge is 0.294 e. The number of aromatic nitrogens is 1. The maximum Gasteiger partial charge on any atom is 0.331 e. The zero-order valence-corrected chi connectivity index (χ0v) is 18.8. The number of amides is 2. The molecule has 0 saturated heterocycles. The maximum absolute atomic E-state index is 13.4. The lowest BCUT2D eigenvalue weighted by Crippen LogP contribution is -2.42. The molecule has 31 heavy (non-hydrogen) atoms. The van der Waals surface area contributed by atoms with Gasteiger partial charge >= 0.3 is 6.03 Å². The van der Waals surface area contributed by atoms with Gasteiger partial charge in [0.2, 0.25) is 0 Å². The number of aryl methyl sites for hydroxylation is 2. The van der Waals surface area contributed by atoms with Crippen molar-refractivity contribution in [3.05, 3.63) is 82.3 Å². The molecular formula is C26H29N3O2. The minimum absolute atomic E-state index is 0.120. The molecule has 1 aliphatic heterocycles. The van der Waals surface area contributed by atoms with Crippen molar-refractivity contribution in [1.82, 2.24) is 9.88 Å². The van der Waals surface area contributed by atoms with Crippen molar-refractivity contribution >= 4 is 17.6 Å². The summed E-state index contributed by atoms with van der Waals surface area (Å²) in [6, 6.07) is 11.6. The van der Waals surface area contributed by atoms with E-state index in [1.165, 1.54) is 0 Å². The van der Waals surface area contributed by atoms with Crippen molar-refractivity contribution in [2.24, 2.45) is 5.41 Å². The number of rotatable bonds is 2. The van der Waals surface area contributed by atoms with Crippen LogP contribution in [0.5, 0.6) is 0 Å². The van der Waals surface area contributed by atoms with Crippen LogP contribution in [0.1, 0.15) is 56.2 Å². The zero-order chi connectivity index (χ0) is 22.3. The molecule has 1 aromatic heterocycles. The Balaban J connectivity index is 1.78. The van der Waals surface area contributed by atoms with Crippen LogP contribution in [0, 0.1) is 19.3 Å². The Labute approximate surface area is 183 Å². The van der Waals surface area contributed by atoms with Gasteiger partial charge in [0.05, 0.1) is 0 Å². The van der Waals surface area contributed by atoms with Gasteiger partial charge in [-0.2, -0.15) is 0 Å². The van der Waals surface area contributed by atoms with Gasteiger partial charge in [0, 0.05) is 35.5 Å². The highest BCUT2D eigenvalue weighted by Gasteiger charge is 2.42. The molecule has 5 nitrogen and oxygen atoms in total. The van der Waals surface area contributed by atoms with Crippen molar-refractivity contribution in [2.45, 2.75) is 53.4 Å². The third-order valence-electron chi connectivity index (χ3n) is 6.11. The van der Waals surface area contributed by atoms with E-state index in [9.17, 15) is 9.59 Å². The van der Waals surface area contributed by atoms with E-state index in [1.54, 1.807) is 17.2 Å². The van der Waals surface area contributed by atoms with Crippen LogP contribution in [0.15, 0.2) is 65.6 Å². The fourth-order valence-electron chi connectivity index (χ4n) is 4.64. The maximum atomic E-state index is 13.4. The van der Waals surface area contributed by atoms with Crippen LogP contribution in [0.2, 0.25) is 0 Å². The summed E-state index contributed by atoms with van der Waals surface area (Å²) in [5.41, 5.74) is 5.44. The first-order valence-corrected chi connectivity index (χ1v) is 10.7. The quantitative estimate of drug-likeness (QED) is 0.666. The molecule has 0 radical (unpaired) electrons. The predicted molar refractivity (Wildman–Crippen MR) is 123 cm³/mol. The topological polar surface area (TPSA) is 62.3 Å². The number of carbonyl (C=O) groups is 2. The van der Waals surface area contributed by atoms with Gasteiger partial charge in [-0.05, 0) is 55.4 Å². The number of hydrogen-bond acceptors (Lipinski definition) is 3. The SMILES string of the molecule is CC1=CC(c2ccccc2C)C2=C(CC(C)(C)CC2=O)N1C(=O)Nc1ccc(C)cn1. The van der Waals surface area contributed by atoms with E-state index in [-0.39, 0.29) is 23.1 Å². The number of hydrogen-bond donors (Lipinski definition) is 1. The second-order valence-corrected chi connectivity index (χ2v) is 9.43. The Morgan fingerprint density at radius 3 is 2.52 bits per heavy atom. The Morgan fingerprint density at radius 2 is 1.84 bits per heavy atom. The number of benzene rings is 1. The standard InChI is InChI=1S/C26H29N3O2/c1-16-10-11-23(27-15-16)28-25(31)29-18(3)12-20(19-9-7-6-8-17(19)2)24-21(29)13-26(4,5)14-22(24)30/h6-12,15,20H,13-14H2,1-5H3,(H,27,28,31). The molecule has 2 amide bonds. The Bertz CT molecular complexity index is 1110. The zero-order valence-electron chi connectivity index (χ0n) is 18.8. The summed E-state index contributed by atoms with van der Waals surface area (Å²) in [6.07, 6.45) is 4.91. The molecule has 2 heterocycles. The third-order valence-corrected chi connectivity index (χ3v) is 6.11. The molecule has 1 unspecified atom stereocenters. The lowest BCUT2D eigenvalue weighted by Gasteiger charge is -2.42. The van der Waals surface area contributed by atoms with Crippen LogP contribution in [0.4, 0.5) is 10.6 Å². The number of Topliss-reactive ketones (excluding diaryl/α,β-unsaturated/α-hetero) is 1. The molecule has 1 N–H and O–H groups in total. The summed E-state index contributed by atoms with van der Waals surface area (Å²) < 4.78 is 0. The van der Waals surface area contributed by atoms with Gasteiger partial charge in [-0.3, -0.25) is 15.0 Å². The van der Waals surface area contributed by atoms with Crippen LogP contribution < -0.4 is 5.32 Å². The summed E-state index contributed by atoms with van der Waals surface area (Å²) in [6.45, 7) is 10.1. The van der Waals surface area contributed by atoms with Crippen LogP contribution in [0.3, 0.4) is 0 Å². The normalized spacial score (nSPS) is 20.3. The molecule has 1 atom stereocenters. The Morgan fingerprint density at radius 1 is 1.10 bits per heavy atom. The number of urea groups is 1. The molecule has 5 heteroatoms. The number of allylic oxidation sites excluding steroid dienone is 4. The van der Waals surface area contributed by atoms with E-state index in [4.69, 9.17) is 0 Å². The van der Waals surface area contributed by atoms with Gasteiger partial charge in [0.1, 0.15) is 5.82 Å². The van der Waals surface area contributed by atoms with Crippen molar-refractivity contribution < 1.29 is 9.59 Å². The number of ketones is 1. The summed E-state index contributed by atoms with van der Waals surface area (Å²) in [4.78, 5) is 32.7. The summed E-state index contributed by atoms with van der Waals surface area (Å²) in [5.74, 6) is 0.476. The minimum Gasteiger partial charge on any atom is -0.294 e. The number of pyridine rings is 1. The number of carbonyl (C=O) groups excluding carboxylic acids is 2. The first-order valence-electron chi connectivity index (χ1n) is 10.7. The molecule has 4 rings (SSSR count). The fourth-order valence-corrected chi connectivity index (χ4v) is 4.64. The highest BCUT2D eigenvalue weighted by atomic mass is 16.2. The van der Waals surface area contributed by atoms with E-state index in [0.717, 1.165) is 33.7 Å². The van der Waals surface area contributed by atoms with Crippen LogP contribution in [-0.2, 0) is 4.79 Å². The predicted octanol–water partition coefficient (Wildman–Crippen LogP) is 5.88. The molecule has 0 saturated carbocycles. The average molecular weight is 416 g/mol. The van der Waals surface area contributed by atoms with Crippen LogP contribution in [0.25, 0.3) is 0 Å². The van der Waals surface area contributed by atoms with E-state index in [1.807, 2.05) is 38.1 Å². The lowest BCUT2D eigenvalue weighted by molar-refractivity contribution is -0.118. The van der Waals surface area contributed by atoms with Crippen LogP contribution in [-0.4, -0.2) is 21.7 Å². The second-order valence-electron chi connectivity index (χ2n) is 9.43. The summed E-state index contributed by atoms with van der Waals surface area (Å²) in [5, 5.41) is 2.90. The molecule has 2 aliphatic rings. The van der Waals surface area contributed by atoms with Gasteiger partial charge in [0.25, 0.3) is 0 Å². The fraction of sp³-hybridized carbons (Fsp3) is 0.346. The van der Waals surface area contributed by atoms with Gasteiger partial charge in [-0.15, -0.1) is 0 Å². The summed E-state index contributed by atoms with van der Waals surface area (Å²) in [7, 11) is 0. The molecule has 0 bridgehead atoms.